The normalized spacial score (nSPS) is 15.5. The van der Waals surface area contributed by atoms with E-state index in [2.05, 4.69) is 26.4 Å². The van der Waals surface area contributed by atoms with Crippen LogP contribution in [-0.4, -0.2) is 72.0 Å². The summed E-state index contributed by atoms with van der Waals surface area (Å²) in [6.07, 6.45) is 3.34. The fraction of sp³-hybridized carbons (Fsp3) is 0.381. The van der Waals surface area contributed by atoms with E-state index >= 15 is 0 Å². The van der Waals surface area contributed by atoms with Crippen LogP contribution in [0.1, 0.15) is 5.56 Å². The number of fused-ring (bicyclic) bond motifs is 1. The van der Waals surface area contributed by atoms with E-state index in [1.54, 1.807) is 25.1 Å². The summed E-state index contributed by atoms with van der Waals surface area (Å²) < 4.78 is 33.9. The fourth-order valence-electron chi connectivity index (χ4n) is 3.67. The van der Waals surface area contributed by atoms with Crippen LogP contribution in [0.5, 0.6) is 5.75 Å². The Bertz CT molecular complexity index is 1210. The largest absolute Gasteiger partial charge is 0.497 e. The number of nitrogens with zero attached hydrogens (tertiary/aromatic N) is 6. The molecule has 4 rings (SSSR count). The Hall–Kier alpha value is -2.25. The molecule has 2 aromatic heterocycles. The molecule has 172 valence electrons. The minimum absolute atomic E-state index is 0. The van der Waals surface area contributed by atoms with Crippen molar-refractivity contribution in [2.75, 3.05) is 38.8 Å². The Morgan fingerprint density at radius 2 is 1.91 bits per heavy atom. The van der Waals surface area contributed by atoms with E-state index in [1.807, 2.05) is 36.2 Å². The second-order valence-electron chi connectivity index (χ2n) is 7.71. The number of aromatic nitrogens is 4. The van der Waals surface area contributed by atoms with Crippen molar-refractivity contribution in [3.05, 3.63) is 48.8 Å². The number of anilines is 1. The van der Waals surface area contributed by atoms with Gasteiger partial charge in [-0.25, -0.2) is 13.4 Å². The second kappa shape index (κ2) is 9.71. The maximum Gasteiger partial charge on any atom is 0.251 e. The fourth-order valence-corrected chi connectivity index (χ4v) is 5.03. The third-order valence-corrected chi connectivity index (χ3v) is 7.34. The molecule has 3 heterocycles. The summed E-state index contributed by atoms with van der Waals surface area (Å²) in [4.78, 5) is 17.5. The third-order valence-electron chi connectivity index (χ3n) is 5.50. The molecule has 3 aromatic rings. The quantitative estimate of drug-likeness (QED) is 0.243. The van der Waals surface area contributed by atoms with Gasteiger partial charge in [-0.05, 0) is 31.2 Å². The topological polar surface area (TPSA) is 93.5 Å². The van der Waals surface area contributed by atoms with Gasteiger partial charge in [0, 0.05) is 20.1 Å². The Morgan fingerprint density at radius 1 is 1.19 bits per heavy atom. The van der Waals surface area contributed by atoms with Gasteiger partial charge in [0.15, 0.2) is 17.0 Å². The number of aryl methyl sites for hydroxylation is 1. The van der Waals surface area contributed by atoms with Gasteiger partial charge >= 0.3 is 0 Å². The highest BCUT2D eigenvalue weighted by Gasteiger charge is 2.32. The summed E-state index contributed by atoms with van der Waals surface area (Å²) >= 11 is 0. The van der Waals surface area contributed by atoms with Crippen LogP contribution in [0.15, 0.2) is 48.4 Å². The van der Waals surface area contributed by atoms with Gasteiger partial charge in [-0.15, -0.1) is 30.6 Å². The average molecular weight is 570 g/mol. The lowest BCUT2D eigenvalue weighted by Gasteiger charge is -2.19. The number of halogens is 1. The van der Waals surface area contributed by atoms with Crippen LogP contribution in [0, 0.1) is 0 Å². The van der Waals surface area contributed by atoms with E-state index in [1.165, 1.54) is 6.08 Å². The molecule has 0 bridgehead atoms. The maximum absolute atomic E-state index is 13.5. The van der Waals surface area contributed by atoms with E-state index in [-0.39, 0.29) is 35.6 Å². The first-order valence-electron chi connectivity index (χ1n) is 9.95. The van der Waals surface area contributed by atoms with E-state index in [9.17, 15) is 8.42 Å². The van der Waals surface area contributed by atoms with Gasteiger partial charge in [-0.3, -0.25) is 4.90 Å². The molecule has 1 aliphatic heterocycles. The standard InChI is InChI=1S/C21H26N6O3S.HI/c1-5-17(12-15-6-8-16(30-4)9-7-15)31(28,29)21-23-19-18(22-13-26(19)3)20(24-21)27-11-10-25(2)14-27;/h5-9,13,17H,1,10-12,14H2,2-4H3;1H. The Balaban J connectivity index is 0.00000289. The molecule has 0 saturated carbocycles. The van der Waals surface area contributed by atoms with Gasteiger partial charge in [0.25, 0.3) is 5.16 Å². The highest BCUT2D eigenvalue weighted by molar-refractivity contribution is 14.0. The van der Waals surface area contributed by atoms with E-state index in [0.717, 1.165) is 18.7 Å². The number of likely N-dealkylation sites (N-methyl/N-ethyl adjacent to an activating group) is 1. The second-order valence-corrected chi connectivity index (χ2v) is 9.77. The summed E-state index contributed by atoms with van der Waals surface area (Å²) in [5.74, 6) is 1.26. The molecule has 9 nitrogen and oxygen atoms in total. The zero-order valence-electron chi connectivity index (χ0n) is 18.3. The number of hydrogen-bond donors (Lipinski definition) is 0. The van der Waals surface area contributed by atoms with Crippen LogP contribution >= 0.6 is 24.0 Å². The number of sulfone groups is 1. The van der Waals surface area contributed by atoms with E-state index in [4.69, 9.17) is 4.74 Å². The predicted molar refractivity (Wildman–Crippen MR) is 134 cm³/mol. The van der Waals surface area contributed by atoms with Gasteiger partial charge in [-0.1, -0.05) is 18.2 Å². The monoisotopic (exact) mass is 570 g/mol. The molecule has 0 radical (unpaired) electrons. The molecular weight excluding hydrogens is 543 g/mol. The molecule has 32 heavy (non-hydrogen) atoms. The minimum atomic E-state index is -3.87. The lowest BCUT2D eigenvalue weighted by atomic mass is 10.1. The first-order chi connectivity index (χ1) is 14.8. The Morgan fingerprint density at radius 3 is 2.50 bits per heavy atom. The van der Waals surface area contributed by atoms with Gasteiger partial charge < -0.3 is 14.2 Å². The zero-order chi connectivity index (χ0) is 22.2. The number of ether oxygens (including phenoxy) is 1. The third kappa shape index (κ3) is 4.59. The average Bonchev–Trinajstić information content (AvgIpc) is 3.37. The van der Waals surface area contributed by atoms with Gasteiger partial charge in [0.2, 0.25) is 9.84 Å². The molecular formula is C21H27IN6O3S. The van der Waals surface area contributed by atoms with Crippen molar-refractivity contribution in [2.45, 2.75) is 16.8 Å². The van der Waals surface area contributed by atoms with Crippen molar-refractivity contribution in [3.63, 3.8) is 0 Å². The molecule has 1 atom stereocenters. The number of benzene rings is 1. The maximum atomic E-state index is 13.5. The molecule has 11 heteroatoms. The molecule has 1 aliphatic rings. The summed E-state index contributed by atoms with van der Waals surface area (Å²) in [6, 6.07) is 7.31. The lowest BCUT2D eigenvalue weighted by molar-refractivity contribution is 0.414. The van der Waals surface area contributed by atoms with Crippen molar-refractivity contribution in [1.82, 2.24) is 24.4 Å². The summed E-state index contributed by atoms with van der Waals surface area (Å²) in [5, 5.41) is -1.06. The molecule has 1 saturated heterocycles. The smallest absolute Gasteiger partial charge is 0.251 e. The molecule has 0 amide bonds. The van der Waals surface area contributed by atoms with Crippen molar-refractivity contribution in [1.29, 1.82) is 0 Å². The first kappa shape index (κ1) is 24.4. The van der Waals surface area contributed by atoms with E-state index in [0.29, 0.717) is 29.4 Å². The highest BCUT2D eigenvalue weighted by atomic mass is 127. The molecule has 0 spiro atoms. The van der Waals surface area contributed by atoms with Crippen LogP contribution in [0.2, 0.25) is 0 Å². The summed E-state index contributed by atoms with van der Waals surface area (Å²) in [5.41, 5.74) is 1.95. The Kier molecular flexibility index (Phi) is 7.40. The van der Waals surface area contributed by atoms with Crippen molar-refractivity contribution in [3.8, 4) is 5.75 Å². The molecule has 1 aromatic carbocycles. The molecule has 0 aliphatic carbocycles. The van der Waals surface area contributed by atoms with Gasteiger partial charge in [0.05, 0.1) is 25.4 Å². The number of rotatable bonds is 7. The highest BCUT2D eigenvalue weighted by Crippen LogP contribution is 2.28. The van der Waals surface area contributed by atoms with Crippen LogP contribution < -0.4 is 9.64 Å². The van der Waals surface area contributed by atoms with Crippen molar-refractivity contribution < 1.29 is 13.2 Å². The number of hydrogen-bond acceptors (Lipinski definition) is 8. The zero-order valence-corrected chi connectivity index (χ0v) is 21.4. The van der Waals surface area contributed by atoms with Crippen LogP contribution in [-0.2, 0) is 23.3 Å². The first-order valence-corrected chi connectivity index (χ1v) is 11.5. The minimum Gasteiger partial charge on any atom is -0.497 e. The van der Waals surface area contributed by atoms with Crippen LogP contribution in [0.3, 0.4) is 0 Å². The molecule has 0 N–H and O–H groups in total. The van der Waals surface area contributed by atoms with Crippen LogP contribution in [0.25, 0.3) is 11.2 Å². The number of methoxy groups -OCH3 is 1. The van der Waals surface area contributed by atoms with E-state index < -0.39 is 15.1 Å². The number of imidazole rings is 1. The summed E-state index contributed by atoms with van der Waals surface area (Å²) in [7, 11) is 1.52. The lowest BCUT2D eigenvalue weighted by Crippen LogP contribution is -2.27. The SMILES string of the molecule is C=CC(Cc1ccc(OC)cc1)S(=O)(=O)c1nc(N2CCN(C)C2)c2ncn(C)c2n1.I. The Labute approximate surface area is 205 Å². The summed E-state index contributed by atoms with van der Waals surface area (Å²) in [6.45, 7) is 6.03. The molecule has 1 unspecified atom stereocenters. The van der Waals surface area contributed by atoms with Gasteiger partial charge in [-0.2, -0.15) is 9.97 Å². The van der Waals surface area contributed by atoms with Crippen LogP contribution in [0.4, 0.5) is 5.82 Å². The van der Waals surface area contributed by atoms with Crippen molar-refractivity contribution in [2.24, 2.45) is 7.05 Å². The predicted octanol–water partition coefficient (Wildman–Crippen LogP) is 2.27. The van der Waals surface area contributed by atoms with Gasteiger partial charge in [0.1, 0.15) is 5.75 Å². The molecule has 1 fully saturated rings. The van der Waals surface area contributed by atoms with Crippen molar-refractivity contribution >= 4 is 50.8 Å².